The molecule has 4 aromatic rings. The van der Waals surface area contributed by atoms with Gasteiger partial charge in [0.2, 0.25) is 29.6 Å². The van der Waals surface area contributed by atoms with Gasteiger partial charge in [-0.05, 0) is 12.1 Å². The van der Waals surface area contributed by atoms with Crippen molar-refractivity contribution >= 4 is 35.3 Å². The molecule has 0 radical (unpaired) electrons. The third-order valence-electron chi connectivity index (χ3n) is 9.27. The van der Waals surface area contributed by atoms with Gasteiger partial charge in [0, 0.05) is 110 Å². The van der Waals surface area contributed by atoms with Crippen LogP contribution in [0.25, 0.3) is 0 Å². The molecule has 4 fully saturated rings. The highest BCUT2D eigenvalue weighted by atomic mass is 19.4. The van der Waals surface area contributed by atoms with Gasteiger partial charge in [-0.3, -0.25) is 4.90 Å². The predicted octanol–water partition coefficient (Wildman–Crippen LogP) is -0.520. The Morgan fingerprint density at radius 2 is 1.15 bits per heavy atom. The highest BCUT2D eigenvalue weighted by Gasteiger charge is 2.33. The van der Waals surface area contributed by atoms with E-state index in [1.165, 1.54) is 4.73 Å². The Balaban J connectivity index is 0.000000150. The maximum atomic E-state index is 12.4. The quantitative estimate of drug-likeness (QED) is 0.0957. The zero-order chi connectivity index (χ0) is 42.0. The number of alkyl halides is 3. The zero-order valence-corrected chi connectivity index (χ0v) is 33.4. The summed E-state index contributed by atoms with van der Waals surface area (Å²) in [6, 6.07) is 9.97. The van der Waals surface area contributed by atoms with Crippen molar-refractivity contribution in [3.63, 3.8) is 0 Å². The fourth-order valence-electron chi connectivity index (χ4n) is 6.23. The Bertz CT molecular complexity index is 1810. The van der Waals surface area contributed by atoms with Crippen LogP contribution in [0.5, 0.6) is 11.8 Å². The van der Waals surface area contributed by atoms with Crippen LogP contribution in [0.1, 0.15) is 5.69 Å². The SMILES string of the molecule is COc1cc(OC)nc(N2CCNCC2)n1.FC(F)(F)c1ccnc(N2CCNCC2)n1.Nc1cc(N2CCNCC2)nc(N)n1.O[n+]1ccccc1N1CCNCC1. The molecule has 4 saturated heterocycles. The second-order valence-electron chi connectivity index (χ2n) is 13.4. The molecule has 4 aromatic heterocycles. The highest BCUT2D eigenvalue weighted by Crippen LogP contribution is 2.28. The number of methoxy groups -OCH3 is 2. The van der Waals surface area contributed by atoms with Crippen molar-refractivity contribution in [3.8, 4) is 11.8 Å². The lowest BCUT2D eigenvalue weighted by molar-refractivity contribution is -0.894. The van der Waals surface area contributed by atoms with Crippen molar-refractivity contribution in [2.45, 2.75) is 6.18 Å². The van der Waals surface area contributed by atoms with Crippen molar-refractivity contribution < 1.29 is 32.6 Å². The number of nitrogens with zero attached hydrogens (tertiary/aromatic N) is 11. The number of ether oxygens (including phenoxy) is 2. The number of piperazine rings is 4. The Kier molecular flexibility index (Phi) is 16.8. The highest BCUT2D eigenvalue weighted by molar-refractivity contribution is 5.50. The fraction of sp³-hybridized carbons (Fsp3) is 0.528. The number of nitrogens with one attached hydrogen (secondary N) is 4. The Labute approximate surface area is 341 Å². The van der Waals surface area contributed by atoms with E-state index in [1.54, 1.807) is 37.4 Å². The van der Waals surface area contributed by atoms with Gasteiger partial charge in [0.15, 0.2) is 0 Å². The number of halogens is 3. The van der Waals surface area contributed by atoms with Gasteiger partial charge in [-0.2, -0.15) is 33.1 Å². The summed E-state index contributed by atoms with van der Waals surface area (Å²) in [5.74, 6) is 4.21. The van der Waals surface area contributed by atoms with Crippen LogP contribution in [0.4, 0.5) is 48.5 Å². The third-order valence-corrected chi connectivity index (χ3v) is 9.27. The van der Waals surface area contributed by atoms with Gasteiger partial charge >= 0.3 is 12.0 Å². The maximum absolute atomic E-state index is 12.4. The summed E-state index contributed by atoms with van der Waals surface area (Å²) < 4.78 is 48.6. The number of pyridine rings is 1. The minimum absolute atomic E-state index is 0.149. The van der Waals surface area contributed by atoms with Crippen molar-refractivity contribution in [1.82, 2.24) is 51.2 Å². The summed E-state index contributed by atoms with van der Waals surface area (Å²) >= 11 is 0. The van der Waals surface area contributed by atoms with E-state index in [9.17, 15) is 18.4 Å². The normalized spacial score (nSPS) is 17.0. The third kappa shape index (κ3) is 13.9. The van der Waals surface area contributed by atoms with Crippen LogP contribution in [0.2, 0.25) is 0 Å². The fourth-order valence-corrected chi connectivity index (χ4v) is 6.23. The lowest BCUT2D eigenvalue weighted by Gasteiger charge is -2.28. The summed E-state index contributed by atoms with van der Waals surface area (Å²) in [5, 5.41) is 22.4. The summed E-state index contributed by atoms with van der Waals surface area (Å²) in [7, 11) is 3.17. The molecule has 0 spiro atoms. The Morgan fingerprint density at radius 3 is 1.64 bits per heavy atom. The average molecular weight is 831 g/mol. The largest absolute Gasteiger partial charge is 0.481 e. The average Bonchev–Trinajstić information content (AvgIpc) is 3.27. The van der Waals surface area contributed by atoms with Crippen LogP contribution in [0.3, 0.4) is 0 Å². The molecule has 8 rings (SSSR count). The van der Waals surface area contributed by atoms with Crippen molar-refractivity contribution in [3.05, 3.63) is 54.5 Å². The van der Waals surface area contributed by atoms with E-state index in [4.69, 9.17) is 20.9 Å². The molecule has 0 aromatic carbocycles. The molecule has 9 N–H and O–H groups in total. The van der Waals surface area contributed by atoms with Gasteiger partial charge in [-0.1, -0.05) is 10.8 Å². The van der Waals surface area contributed by atoms with Crippen LogP contribution in [-0.4, -0.2) is 154 Å². The van der Waals surface area contributed by atoms with Crippen molar-refractivity contribution in [1.29, 1.82) is 0 Å². The molecule has 322 valence electrons. The van der Waals surface area contributed by atoms with Crippen LogP contribution in [-0.2, 0) is 6.18 Å². The predicted molar refractivity (Wildman–Crippen MR) is 217 cm³/mol. The molecule has 0 bridgehead atoms. The van der Waals surface area contributed by atoms with Crippen LogP contribution < -0.4 is 66.5 Å². The molecule has 4 aliphatic rings. The molecule has 0 aliphatic carbocycles. The maximum Gasteiger partial charge on any atom is 0.433 e. The zero-order valence-electron chi connectivity index (χ0n) is 33.4. The van der Waals surface area contributed by atoms with Crippen LogP contribution in [0.15, 0.2) is 48.8 Å². The molecule has 23 heteroatoms. The number of nitrogens with two attached hydrogens (primary N) is 2. The summed E-state index contributed by atoms with van der Waals surface area (Å²) in [6.45, 7) is 14.1. The Hall–Kier alpha value is -5.78. The van der Waals surface area contributed by atoms with Gasteiger partial charge in [0.1, 0.15) is 23.5 Å². The molecule has 0 unspecified atom stereocenters. The number of rotatable bonds is 6. The van der Waals surface area contributed by atoms with Crippen LogP contribution >= 0.6 is 0 Å². The summed E-state index contributed by atoms with van der Waals surface area (Å²) in [6.07, 6.45) is -1.61. The van der Waals surface area contributed by atoms with E-state index < -0.39 is 11.9 Å². The van der Waals surface area contributed by atoms with E-state index in [-0.39, 0.29) is 11.9 Å². The van der Waals surface area contributed by atoms with E-state index in [2.05, 4.69) is 65.9 Å². The van der Waals surface area contributed by atoms with Gasteiger partial charge in [0.25, 0.3) is 0 Å². The number of hydrogen-bond donors (Lipinski definition) is 7. The molecule has 4 aliphatic heterocycles. The van der Waals surface area contributed by atoms with Crippen molar-refractivity contribution in [2.24, 2.45) is 0 Å². The smallest absolute Gasteiger partial charge is 0.433 e. The van der Waals surface area contributed by atoms with Gasteiger partial charge in [0.05, 0.1) is 33.4 Å². The Morgan fingerprint density at radius 1 is 0.644 bits per heavy atom. The molecule has 8 heterocycles. The number of aromatic nitrogens is 7. The van der Waals surface area contributed by atoms with Gasteiger partial charge in [-0.15, -0.1) is 0 Å². The molecule has 0 saturated carbocycles. The summed E-state index contributed by atoms with van der Waals surface area (Å²) in [4.78, 5) is 32.1. The lowest BCUT2D eigenvalue weighted by Crippen LogP contribution is -2.49. The lowest BCUT2D eigenvalue weighted by atomic mass is 10.3. The first-order chi connectivity index (χ1) is 28.5. The second kappa shape index (κ2) is 22.4. The molecule has 0 atom stereocenters. The first-order valence-electron chi connectivity index (χ1n) is 19.3. The first-order valence-corrected chi connectivity index (χ1v) is 19.3. The van der Waals surface area contributed by atoms with Crippen molar-refractivity contribution in [2.75, 3.05) is 150 Å². The minimum atomic E-state index is -4.41. The van der Waals surface area contributed by atoms with E-state index in [0.717, 1.165) is 116 Å². The number of nitrogen functional groups attached to an aromatic ring is 2. The summed E-state index contributed by atoms with van der Waals surface area (Å²) in [5.41, 5.74) is 10.2. The topological polar surface area (TPSA) is 233 Å². The van der Waals surface area contributed by atoms with Crippen LogP contribution in [0, 0.1) is 0 Å². The van der Waals surface area contributed by atoms with E-state index >= 15 is 0 Å². The van der Waals surface area contributed by atoms with Gasteiger partial charge in [-0.25, -0.2) is 9.97 Å². The molecular formula is C36H55F3N17O3+. The van der Waals surface area contributed by atoms with E-state index in [0.29, 0.717) is 36.6 Å². The first kappa shape index (κ1) is 44.3. The molecule has 20 nitrogen and oxygen atoms in total. The second-order valence-corrected chi connectivity index (χ2v) is 13.4. The monoisotopic (exact) mass is 830 g/mol. The minimum Gasteiger partial charge on any atom is -0.481 e. The molecule has 59 heavy (non-hydrogen) atoms. The molecular weight excluding hydrogens is 776 g/mol. The number of hydrogen-bond acceptors (Lipinski definition) is 19. The standard InChI is InChI=1S/C10H16N4O2.C9H11F3N4.C9H14N3O.C8H14N6/c1-15-8-7-9(16-2)13-10(12-8)14-5-3-11-4-6-14;10-9(11,12)7-1-2-14-8(15-7)16-5-3-13-4-6-16;13-12-6-2-1-3-9(12)11-7-4-10-5-8-11;9-6-5-7(13-8(10)12-6)14-3-1-11-2-4-14/h7,11H,3-6H2,1-2H3;1-2,13H,3-6H2;1-3,6,10,13H,4-5,7-8H2;5,11H,1-4H2,(H4,9,10,12,13)/q;;+1;. The van der Waals surface area contributed by atoms with E-state index in [1.807, 2.05) is 18.2 Å². The van der Waals surface area contributed by atoms with Gasteiger partial charge < -0.3 is 62.1 Å². The molecule has 0 amide bonds. The number of anilines is 6.